The number of halogens is 1. The van der Waals surface area contributed by atoms with E-state index < -0.39 is 0 Å². The standard InChI is InChI=1S/C21H15FN4O/c1-13-6-7-17-19(10-13)27-20(23-17)12-26-9-8-16-18(11-26)25-21(24-16)14-4-2-3-5-15(14)22/h2-11H,12H2,1H3. The molecule has 132 valence electrons. The SMILES string of the molecule is Cc1ccc2nc(Cn3ccc4nc(-c5ccccc5F)nc-4c3)oc2c1. The van der Waals surface area contributed by atoms with E-state index in [2.05, 4.69) is 15.0 Å². The molecular formula is C21H15FN4O. The van der Waals surface area contributed by atoms with E-state index >= 15 is 0 Å². The molecule has 2 aliphatic heterocycles. The predicted molar refractivity (Wildman–Crippen MR) is 99.9 cm³/mol. The second-order valence-electron chi connectivity index (χ2n) is 6.49. The normalized spacial score (nSPS) is 11.5. The van der Waals surface area contributed by atoms with Crippen LogP contribution in [0.1, 0.15) is 11.5 Å². The van der Waals surface area contributed by atoms with Gasteiger partial charge in [-0.2, -0.15) is 0 Å². The molecule has 0 saturated carbocycles. The Balaban J connectivity index is 1.49. The molecule has 0 amide bonds. The van der Waals surface area contributed by atoms with Gasteiger partial charge in [0.1, 0.15) is 17.0 Å². The molecule has 0 atom stereocenters. The van der Waals surface area contributed by atoms with Gasteiger partial charge in [-0.25, -0.2) is 19.3 Å². The second kappa shape index (κ2) is 6.02. The summed E-state index contributed by atoms with van der Waals surface area (Å²) in [6.07, 6.45) is 3.76. The third-order valence-corrected chi connectivity index (χ3v) is 4.45. The number of nitrogens with zero attached hydrogens (tertiary/aromatic N) is 4. The smallest absolute Gasteiger partial charge is 0.215 e. The van der Waals surface area contributed by atoms with Crippen molar-refractivity contribution in [1.82, 2.24) is 19.5 Å². The second-order valence-corrected chi connectivity index (χ2v) is 6.49. The summed E-state index contributed by atoms with van der Waals surface area (Å²) in [5, 5.41) is 0. The molecule has 6 heteroatoms. The lowest BCUT2D eigenvalue weighted by Crippen LogP contribution is -2.01. The van der Waals surface area contributed by atoms with Crippen molar-refractivity contribution in [3.63, 3.8) is 0 Å². The Labute approximate surface area is 154 Å². The first-order valence-electron chi connectivity index (χ1n) is 8.60. The molecule has 0 bridgehead atoms. The topological polar surface area (TPSA) is 56.7 Å². The summed E-state index contributed by atoms with van der Waals surface area (Å²) in [4.78, 5) is 13.4. The number of benzene rings is 2. The third kappa shape index (κ3) is 2.85. The first-order chi connectivity index (χ1) is 13.2. The Morgan fingerprint density at radius 3 is 2.74 bits per heavy atom. The van der Waals surface area contributed by atoms with E-state index in [1.54, 1.807) is 18.2 Å². The molecule has 0 radical (unpaired) electrons. The largest absolute Gasteiger partial charge is 0.439 e. The van der Waals surface area contributed by atoms with E-state index in [9.17, 15) is 4.39 Å². The highest BCUT2D eigenvalue weighted by atomic mass is 19.1. The average Bonchev–Trinajstić information content (AvgIpc) is 3.24. The molecule has 5 nitrogen and oxygen atoms in total. The zero-order valence-corrected chi connectivity index (χ0v) is 14.6. The average molecular weight is 358 g/mol. The van der Waals surface area contributed by atoms with Crippen molar-refractivity contribution in [1.29, 1.82) is 0 Å². The van der Waals surface area contributed by atoms with Crippen LogP contribution < -0.4 is 0 Å². The van der Waals surface area contributed by atoms with Crippen LogP contribution in [0, 0.1) is 12.7 Å². The summed E-state index contributed by atoms with van der Waals surface area (Å²) >= 11 is 0. The van der Waals surface area contributed by atoms with Gasteiger partial charge in [0.25, 0.3) is 0 Å². The van der Waals surface area contributed by atoms with E-state index in [4.69, 9.17) is 4.42 Å². The molecule has 3 heterocycles. The molecule has 2 aliphatic rings. The van der Waals surface area contributed by atoms with E-state index in [-0.39, 0.29) is 5.82 Å². The summed E-state index contributed by atoms with van der Waals surface area (Å²) in [5.74, 6) is 0.675. The van der Waals surface area contributed by atoms with E-state index in [0.29, 0.717) is 29.5 Å². The molecule has 2 aromatic carbocycles. The van der Waals surface area contributed by atoms with Crippen LogP contribution in [-0.2, 0) is 6.54 Å². The lowest BCUT2D eigenvalue weighted by molar-refractivity contribution is 0.508. The quantitative estimate of drug-likeness (QED) is 0.470. The number of hydrogen-bond acceptors (Lipinski definition) is 4. The van der Waals surface area contributed by atoms with Gasteiger partial charge in [0.15, 0.2) is 11.4 Å². The van der Waals surface area contributed by atoms with Gasteiger partial charge in [0.05, 0.1) is 17.8 Å². The van der Waals surface area contributed by atoms with Crippen LogP contribution in [-0.4, -0.2) is 19.5 Å². The van der Waals surface area contributed by atoms with Crippen LogP contribution in [0.3, 0.4) is 0 Å². The van der Waals surface area contributed by atoms with Crippen molar-refractivity contribution in [2.24, 2.45) is 0 Å². The number of aromatic nitrogens is 4. The highest BCUT2D eigenvalue weighted by Gasteiger charge is 2.15. The number of fused-ring (bicyclic) bond motifs is 2. The molecular weight excluding hydrogens is 343 g/mol. The van der Waals surface area contributed by atoms with Gasteiger partial charge < -0.3 is 8.98 Å². The number of hydrogen-bond donors (Lipinski definition) is 0. The first-order valence-corrected chi connectivity index (χ1v) is 8.60. The Morgan fingerprint density at radius 1 is 1.00 bits per heavy atom. The maximum absolute atomic E-state index is 14.0. The Kier molecular flexibility index (Phi) is 3.50. The van der Waals surface area contributed by atoms with Crippen LogP contribution in [0.25, 0.3) is 33.9 Å². The first kappa shape index (κ1) is 15.7. The van der Waals surface area contributed by atoms with Gasteiger partial charge in [-0.15, -0.1) is 0 Å². The molecule has 1 aromatic heterocycles. The number of imidazole rings is 1. The van der Waals surface area contributed by atoms with Crippen molar-refractivity contribution in [3.05, 3.63) is 78.2 Å². The third-order valence-electron chi connectivity index (χ3n) is 4.45. The Morgan fingerprint density at radius 2 is 1.85 bits per heavy atom. The summed E-state index contributed by atoms with van der Waals surface area (Å²) in [7, 11) is 0. The molecule has 3 aromatic rings. The maximum atomic E-state index is 14.0. The number of rotatable bonds is 3. The summed E-state index contributed by atoms with van der Waals surface area (Å²) < 4.78 is 21.8. The monoisotopic (exact) mass is 358 g/mol. The predicted octanol–water partition coefficient (Wildman–Crippen LogP) is 4.69. The van der Waals surface area contributed by atoms with Crippen LogP contribution >= 0.6 is 0 Å². The highest BCUT2D eigenvalue weighted by Crippen LogP contribution is 2.26. The van der Waals surface area contributed by atoms with Crippen molar-refractivity contribution < 1.29 is 8.81 Å². The summed E-state index contributed by atoms with van der Waals surface area (Å²) in [5.41, 5.74) is 4.57. The summed E-state index contributed by atoms with van der Waals surface area (Å²) in [6.45, 7) is 2.50. The van der Waals surface area contributed by atoms with Gasteiger partial charge in [0.2, 0.25) is 5.89 Å². The van der Waals surface area contributed by atoms with Crippen molar-refractivity contribution in [3.8, 4) is 22.8 Å². The van der Waals surface area contributed by atoms with Gasteiger partial charge in [0, 0.05) is 12.4 Å². The maximum Gasteiger partial charge on any atom is 0.215 e. The van der Waals surface area contributed by atoms with Crippen LogP contribution in [0.5, 0.6) is 0 Å². The van der Waals surface area contributed by atoms with E-state index in [1.165, 1.54) is 6.07 Å². The molecule has 5 rings (SSSR count). The van der Waals surface area contributed by atoms with Gasteiger partial charge >= 0.3 is 0 Å². The minimum Gasteiger partial charge on any atom is -0.439 e. The number of pyridine rings is 1. The fraction of sp³-hybridized carbons (Fsp3) is 0.0952. The van der Waals surface area contributed by atoms with E-state index in [0.717, 1.165) is 22.4 Å². The Hall–Kier alpha value is -3.54. The molecule has 0 spiro atoms. The van der Waals surface area contributed by atoms with E-state index in [1.807, 2.05) is 48.1 Å². The minimum absolute atomic E-state index is 0.331. The fourth-order valence-electron chi connectivity index (χ4n) is 3.12. The van der Waals surface area contributed by atoms with Crippen molar-refractivity contribution in [2.45, 2.75) is 13.5 Å². The summed E-state index contributed by atoms with van der Waals surface area (Å²) in [6, 6.07) is 14.3. The van der Waals surface area contributed by atoms with Crippen LogP contribution in [0.15, 0.2) is 65.3 Å². The van der Waals surface area contributed by atoms with Crippen LogP contribution in [0.4, 0.5) is 4.39 Å². The molecule has 0 fully saturated rings. The minimum atomic E-state index is -0.331. The Bertz CT molecular complexity index is 1240. The fourth-order valence-corrected chi connectivity index (χ4v) is 3.12. The van der Waals surface area contributed by atoms with Gasteiger partial charge in [-0.3, -0.25) is 0 Å². The van der Waals surface area contributed by atoms with Gasteiger partial charge in [-0.1, -0.05) is 18.2 Å². The van der Waals surface area contributed by atoms with Crippen molar-refractivity contribution >= 4 is 11.1 Å². The lowest BCUT2D eigenvalue weighted by atomic mass is 10.2. The molecule has 27 heavy (non-hydrogen) atoms. The van der Waals surface area contributed by atoms with Crippen molar-refractivity contribution in [2.75, 3.05) is 0 Å². The zero-order valence-electron chi connectivity index (χ0n) is 14.6. The number of oxazole rings is 1. The molecule has 0 aliphatic carbocycles. The molecule has 0 saturated heterocycles. The highest BCUT2D eigenvalue weighted by molar-refractivity contribution is 5.73. The number of aryl methyl sites for hydroxylation is 1. The molecule has 0 N–H and O–H groups in total. The van der Waals surface area contributed by atoms with Gasteiger partial charge in [-0.05, 0) is 42.8 Å². The lowest BCUT2D eigenvalue weighted by Gasteiger charge is -2.04. The zero-order chi connectivity index (χ0) is 18.4. The van der Waals surface area contributed by atoms with Crippen LogP contribution in [0.2, 0.25) is 0 Å². The molecule has 0 unspecified atom stereocenters.